The fraction of sp³-hybridized carbons (Fsp3) is 0.167. The van der Waals surface area contributed by atoms with Crippen LogP contribution in [-0.4, -0.2) is 28.4 Å². The zero-order valence-electron chi connectivity index (χ0n) is 8.91. The summed E-state index contributed by atoms with van der Waals surface area (Å²) >= 11 is 0. The Morgan fingerprint density at radius 2 is 2.12 bits per heavy atom. The number of hydrogen-bond donors (Lipinski definition) is 3. The van der Waals surface area contributed by atoms with Gasteiger partial charge in [0.05, 0.1) is 17.8 Å². The van der Waals surface area contributed by atoms with Crippen molar-refractivity contribution in [2.24, 2.45) is 0 Å². The summed E-state index contributed by atoms with van der Waals surface area (Å²) in [4.78, 5) is 25.6. The van der Waals surface area contributed by atoms with E-state index in [4.69, 9.17) is 5.11 Å². The molecule has 0 spiro atoms. The van der Waals surface area contributed by atoms with E-state index in [-0.39, 0.29) is 11.3 Å². The molecule has 3 rings (SSSR count). The van der Waals surface area contributed by atoms with Gasteiger partial charge in [-0.25, -0.2) is 4.79 Å². The maximum atomic E-state index is 11.7. The van der Waals surface area contributed by atoms with E-state index in [9.17, 15) is 9.59 Å². The number of carbonyl (C=O) groups excluding carboxylic acids is 1. The number of H-pyrrole nitrogens is 1. The van der Waals surface area contributed by atoms with Gasteiger partial charge in [0.25, 0.3) is 0 Å². The van der Waals surface area contributed by atoms with Crippen molar-refractivity contribution in [2.45, 2.75) is 6.54 Å². The predicted molar refractivity (Wildman–Crippen MR) is 61.3 cm³/mol. The fourth-order valence-corrected chi connectivity index (χ4v) is 2.19. The number of benzene rings is 1. The Labute approximate surface area is 96.4 Å². The summed E-state index contributed by atoms with van der Waals surface area (Å²) in [6, 6.07) is 4.84. The maximum Gasteiger partial charge on any atom is 0.335 e. The van der Waals surface area contributed by atoms with E-state index in [2.05, 4.69) is 10.3 Å². The summed E-state index contributed by atoms with van der Waals surface area (Å²) < 4.78 is 0. The first-order valence-corrected chi connectivity index (χ1v) is 5.28. The van der Waals surface area contributed by atoms with E-state index in [0.717, 1.165) is 16.5 Å². The van der Waals surface area contributed by atoms with Crippen LogP contribution in [0, 0.1) is 0 Å². The number of carboxylic acids is 1. The normalized spacial score (nSPS) is 14.9. The highest BCUT2D eigenvalue weighted by Gasteiger charge is 2.21. The number of rotatable bonds is 1. The minimum Gasteiger partial charge on any atom is -0.478 e. The van der Waals surface area contributed by atoms with E-state index in [1.54, 1.807) is 12.1 Å². The summed E-state index contributed by atoms with van der Waals surface area (Å²) in [6.45, 7) is 0.912. The molecule has 3 N–H and O–H groups in total. The lowest BCUT2D eigenvalue weighted by Crippen LogP contribution is -2.29. The molecule has 2 aromatic rings. The first-order chi connectivity index (χ1) is 8.16. The van der Waals surface area contributed by atoms with Gasteiger partial charge in [-0.3, -0.25) is 4.79 Å². The number of Topliss-reactive ketones (excluding diaryl/α,β-unsaturated/α-hetero) is 1. The molecule has 86 valence electrons. The van der Waals surface area contributed by atoms with Crippen LogP contribution < -0.4 is 5.32 Å². The van der Waals surface area contributed by atoms with Gasteiger partial charge in [0, 0.05) is 23.0 Å². The third-order valence-corrected chi connectivity index (χ3v) is 3.02. The second kappa shape index (κ2) is 3.43. The number of ketones is 1. The van der Waals surface area contributed by atoms with Gasteiger partial charge in [-0.2, -0.15) is 0 Å². The molecule has 0 atom stereocenters. The van der Waals surface area contributed by atoms with Crippen LogP contribution in [0.1, 0.15) is 26.4 Å². The van der Waals surface area contributed by atoms with Gasteiger partial charge in [0.1, 0.15) is 0 Å². The predicted octanol–water partition coefficient (Wildman–Crippen LogP) is 1.15. The van der Waals surface area contributed by atoms with Crippen LogP contribution in [-0.2, 0) is 6.54 Å². The number of aromatic carboxylic acids is 1. The van der Waals surface area contributed by atoms with Crippen molar-refractivity contribution in [3.05, 3.63) is 35.0 Å². The van der Waals surface area contributed by atoms with Crippen LogP contribution in [0.3, 0.4) is 0 Å². The standard InChI is InChI=1S/C12H10N2O3/c15-10-5-13-4-8-7-3-6(12(16)17)1-2-9(7)14-11(8)10/h1-3,13-14H,4-5H2,(H,16,17). The number of carbonyl (C=O) groups is 2. The third-order valence-electron chi connectivity index (χ3n) is 3.02. The highest BCUT2D eigenvalue weighted by atomic mass is 16.4. The number of nitrogens with one attached hydrogen (secondary N) is 2. The van der Waals surface area contributed by atoms with Gasteiger partial charge in [-0.1, -0.05) is 0 Å². The Hall–Kier alpha value is -2.14. The molecule has 5 nitrogen and oxygen atoms in total. The Bertz CT molecular complexity index is 642. The maximum absolute atomic E-state index is 11.7. The van der Waals surface area contributed by atoms with Gasteiger partial charge in [0.15, 0.2) is 5.78 Å². The number of carboxylic acid groups (broad SMARTS) is 1. The topological polar surface area (TPSA) is 82.2 Å². The van der Waals surface area contributed by atoms with Gasteiger partial charge in [-0.15, -0.1) is 0 Å². The van der Waals surface area contributed by atoms with Crippen molar-refractivity contribution < 1.29 is 14.7 Å². The van der Waals surface area contributed by atoms with Crippen molar-refractivity contribution in [1.82, 2.24) is 10.3 Å². The van der Waals surface area contributed by atoms with E-state index >= 15 is 0 Å². The summed E-state index contributed by atoms with van der Waals surface area (Å²) in [5.74, 6) is -0.948. The van der Waals surface area contributed by atoms with Crippen molar-refractivity contribution in [2.75, 3.05) is 6.54 Å². The zero-order valence-corrected chi connectivity index (χ0v) is 8.91. The largest absolute Gasteiger partial charge is 0.478 e. The number of hydrogen-bond acceptors (Lipinski definition) is 3. The smallest absolute Gasteiger partial charge is 0.335 e. The molecule has 1 aromatic carbocycles. The Balaban J connectivity index is 2.29. The van der Waals surface area contributed by atoms with Crippen molar-refractivity contribution >= 4 is 22.7 Å². The fourth-order valence-electron chi connectivity index (χ4n) is 2.19. The molecule has 17 heavy (non-hydrogen) atoms. The van der Waals surface area contributed by atoms with E-state index in [0.29, 0.717) is 18.8 Å². The van der Waals surface area contributed by atoms with Crippen LogP contribution in [0.2, 0.25) is 0 Å². The van der Waals surface area contributed by atoms with E-state index in [1.165, 1.54) is 6.07 Å². The molecule has 1 aliphatic rings. The molecule has 0 unspecified atom stereocenters. The molecule has 1 aromatic heterocycles. The van der Waals surface area contributed by atoms with Gasteiger partial charge < -0.3 is 15.4 Å². The van der Waals surface area contributed by atoms with E-state index < -0.39 is 5.97 Å². The van der Waals surface area contributed by atoms with Gasteiger partial charge in [-0.05, 0) is 18.2 Å². The molecular weight excluding hydrogens is 220 g/mol. The highest BCUT2D eigenvalue weighted by molar-refractivity contribution is 6.05. The summed E-state index contributed by atoms with van der Waals surface area (Å²) in [6.07, 6.45) is 0. The first kappa shape index (κ1) is 10.0. The third kappa shape index (κ3) is 1.43. The summed E-state index contributed by atoms with van der Waals surface area (Å²) in [5, 5.41) is 12.8. The molecule has 0 bridgehead atoms. The Kier molecular flexibility index (Phi) is 2.02. The Morgan fingerprint density at radius 3 is 2.88 bits per heavy atom. The average Bonchev–Trinajstić information content (AvgIpc) is 2.68. The molecular formula is C12H10N2O3. The second-order valence-corrected chi connectivity index (χ2v) is 4.07. The van der Waals surface area contributed by atoms with Crippen molar-refractivity contribution in [3.8, 4) is 0 Å². The minimum atomic E-state index is -0.961. The van der Waals surface area contributed by atoms with E-state index in [1.807, 2.05) is 0 Å². The lowest BCUT2D eigenvalue weighted by Gasteiger charge is -2.11. The van der Waals surface area contributed by atoms with Gasteiger partial charge in [0.2, 0.25) is 0 Å². The second-order valence-electron chi connectivity index (χ2n) is 4.07. The van der Waals surface area contributed by atoms with Crippen molar-refractivity contribution in [3.63, 3.8) is 0 Å². The van der Waals surface area contributed by atoms with Crippen LogP contribution in [0.4, 0.5) is 0 Å². The Morgan fingerprint density at radius 1 is 1.29 bits per heavy atom. The first-order valence-electron chi connectivity index (χ1n) is 5.28. The number of aromatic amines is 1. The van der Waals surface area contributed by atoms with Crippen LogP contribution >= 0.6 is 0 Å². The van der Waals surface area contributed by atoms with Crippen molar-refractivity contribution in [1.29, 1.82) is 0 Å². The molecule has 0 saturated heterocycles. The number of aromatic nitrogens is 1. The molecule has 0 amide bonds. The minimum absolute atomic E-state index is 0.0133. The lowest BCUT2D eigenvalue weighted by atomic mass is 10.0. The number of fused-ring (bicyclic) bond motifs is 3. The summed E-state index contributed by atoms with van der Waals surface area (Å²) in [5.41, 5.74) is 2.50. The SMILES string of the molecule is O=C(O)c1ccc2[nH]c3c(c2c1)CNCC3=O. The monoisotopic (exact) mass is 230 g/mol. The molecule has 0 fully saturated rings. The quantitative estimate of drug-likeness (QED) is 0.686. The molecule has 0 aliphatic carbocycles. The molecule has 0 radical (unpaired) electrons. The highest BCUT2D eigenvalue weighted by Crippen LogP contribution is 2.25. The molecule has 0 saturated carbocycles. The molecule has 5 heteroatoms. The zero-order chi connectivity index (χ0) is 12.0. The molecule has 1 aliphatic heterocycles. The molecule has 2 heterocycles. The van der Waals surface area contributed by atoms with Gasteiger partial charge >= 0.3 is 5.97 Å². The van der Waals surface area contributed by atoms with Crippen LogP contribution in [0.25, 0.3) is 10.9 Å². The average molecular weight is 230 g/mol. The lowest BCUT2D eigenvalue weighted by molar-refractivity contribution is 0.0697. The van der Waals surface area contributed by atoms with Crippen LogP contribution in [0.5, 0.6) is 0 Å². The summed E-state index contributed by atoms with van der Waals surface area (Å²) in [7, 11) is 0. The van der Waals surface area contributed by atoms with Crippen LogP contribution in [0.15, 0.2) is 18.2 Å².